The maximum Gasteiger partial charge on any atom is 0.0468 e. The number of ether oxygens (including phenoxy) is 1. The molecule has 0 saturated carbocycles. The molecule has 0 spiro atoms. The molecule has 1 fully saturated rings. The summed E-state index contributed by atoms with van der Waals surface area (Å²) in [6.07, 6.45) is 4.50. The lowest BCUT2D eigenvalue weighted by Crippen LogP contribution is -2.31. The molecule has 1 atom stereocenters. The minimum absolute atomic E-state index is 0.263. The fourth-order valence-corrected chi connectivity index (χ4v) is 2.60. The van der Waals surface area contributed by atoms with Crippen molar-refractivity contribution in [1.29, 1.82) is 0 Å². The second-order valence-electron chi connectivity index (χ2n) is 5.11. The van der Waals surface area contributed by atoms with Gasteiger partial charge in [-0.2, -0.15) is 0 Å². The fourth-order valence-electron chi connectivity index (χ4n) is 2.60. The molecular formula is C15H24N2O. The van der Waals surface area contributed by atoms with Crippen LogP contribution in [0, 0.1) is 5.92 Å². The highest BCUT2D eigenvalue weighted by atomic mass is 16.5. The van der Waals surface area contributed by atoms with Crippen LogP contribution in [0.25, 0.3) is 0 Å². The Bertz CT molecular complexity index is 344. The van der Waals surface area contributed by atoms with Crippen molar-refractivity contribution < 1.29 is 4.74 Å². The van der Waals surface area contributed by atoms with Crippen LogP contribution < -0.4 is 11.3 Å². The van der Waals surface area contributed by atoms with Crippen molar-refractivity contribution in [3.63, 3.8) is 0 Å². The van der Waals surface area contributed by atoms with Crippen LogP contribution in [0.2, 0.25) is 0 Å². The molecule has 1 aromatic rings. The lowest BCUT2D eigenvalue weighted by Gasteiger charge is -2.26. The molecule has 3 heteroatoms. The lowest BCUT2D eigenvalue weighted by molar-refractivity contribution is 0.0605. The van der Waals surface area contributed by atoms with E-state index in [0.717, 1.165) is 44.8 Å². The van der Waals surface area contributed by atoms with E-state index in [4.69, 9.17) is 10.6 Å². The normalized spacial score (nSPS) is 18.8. The van der Waals surface area contributed by atoms with Gasteiger partial charge in [-0.1, -0.05) is 31.2 Å². The van der Waals surface area contributed by atoms with E-state index in [2.05, 4.69) is 36.6 Å². The van der Waals surface area contributed by atoms with E-state index in [0.29, 0.717) is 0 Å². The largest absolute Gasteiger partial charge is 0.381 e. The van der Waals surface area contributed by atoms with Crippen molar-refractivity contribution in [2.75, 3.05) is 13.2 Å². The maximum atomic E-state index is 5.71. The summed E-state index contributed by atoms with van der Waals surface area (Å²) in [5.74, 6) is 6.44. The Hall–Kier alpha value is -0.900. The first kappa shape index (κ1) is 13.5. The van der Waals surface area contributed by atoms with Crippen LogP contribution in [0.3, 0.4) is 0 Å². The molecule has 1 saturated heterocycles. The number of rotatable bonds is 5. The molecule has 0 bridgehead atoms. The van der Waals surface area contributed by atoms with Gasteiger partial charge < -0.3 is 4.74 Å². The molecule has 3 N–H and O–H groups in total. The van der Waals surface area contributed by atoms with Crippen molar-refractivity contribution in [3.05, 3.63) is 35.4 Å². The summed E-state index contributed by atoms with van der Waals surface area (Å²) in [5, 5.41) is 0. The lowest BCUT2D eigenvalue weighted by atomic mass is 9.89. The van der Waals surface area contributed by atoms with Crippen LogP contribution >= 0.6 is 0 Å². The molecule has 1 aliphatic heterocycles. The van der Waals surface area contributed by atoms with Crippen LogP contribution in [-0.4, -0.2) is 13.2 Å². The second kappa shape index (κ2) is 6.88. The van der Waals surface area contributed by atoms with E-state index in [1.54, 1.807) is 0 Å². The van der Waals surface area contributed by atoms with Crippen LogP contribution in [-0.2, 0) is 11.2 Å². The molecule has 18 heavy (non-hydrogen) atoms. The Kier molecular flexibility index (Phi) is 5.17. The molecule has 2 rings (SSSR count). The summed E-state index contributed by atoms with van der Waals surface area (Å²) in [5.41, 5.74) is 5.63. The molecular weight excluding hydrogens is 224 g/mol. The van der Waals surface area contributed by atoms with Gasteiger partial charge in [0.25, 0.3) is 0 Å². The maximum absolute atomic E-state index is 5.71. The molecule has 1 heterocycles. The van der Waals surface area contributed by atoms with Crippen LogP contribution in [0.1, 0.15) is 43.4 Å². The average molecular weight is 248 g/mol. The van der Waals surface area contributed by atoms with E-state index in [-0.39, 0.29) is 6.04 Å². The van der Waals surface area contributed by atoms with Gasteiger partial charge in [-0.3, -0.25) is 11.3 Å². The van der Waals surface area contributed by atoms with Crippen molar-refractivity contribution in [2.45, 2.75) is 38.6 Å². The highest BCUT2D eigenvalue weighted by molar-refractivity contribution is 5.25. The van der Waals surface area contributed by atoms with Crippen molar-refractivity contribution in [2.24, 2.45) is 11.8 Å². The minimum atomic E-state index is 0.263. The molecule has 1 unspecified atom stereocenters. The number of hydrazine groups is 1. The summed E-state index contributed by atoms with van der Waals surface area (Å²) < 4.78 is 5.40. The number of hydrogen-bond acceptors (Lipinski definition) is 3. The summed E-state index contributed by atoms with van der Waals surface area (Å²) in [7, 11) is 0. The Balaban J connectivity index is 1.97. The number of hydrogen-bond donors (Lipinski definition) is 2. The predicted octanol–water partition coefficient (Wildman–Crippen LogP) is 2.57. The van der Waals surface area contributed by atoms with Gasteiger partial charge in [-0.25, -0.2) is 0 Å². The zero-order valence-electron chi connectivity index (χ0n) is 11.2. The van der Waals surface area contributed by atoms with E-state index in [1.807, 2.05) is 0 Å². The van der Waals surface area contributed by atoms with Gasteiger partial charge in [0.15, 0.2) is 0 Å². The summed E-state index contributed by atoms with van der Waals surface area (Å²) >= 11 is 0. The van der Waals surface area contributed by atoms with Crippen LogP contribution in [0.5, 0.6) is 0 Å². The predicted molar refractivity (Wildman–Crippen MR) is 74.0 cm³/mol. The minimum Gasteiger partial charge on any atom is -0.381 e. The highest BCUT2D eigenvalue weighted by Crippen LogP contribution is 2.27. The second-order valence-corrected chi connectivity index (χ2v) is 5.11. The first-order valence-electron chi connectivity index (χ1n) is 6.96. The zero-order chi connectivity index (χ0) is 12.8. The SMILES string of the molecule is CCc1ccc(C(CC2CCOCC2)NN)cc1. The molecule has 0 aliphatic carbocycles. The zero-order valence-corrected chi connectivity index (χ0v) is 11.2. The van der Waals surface area contributed by atoms with Gasteiger partial charge in [-0.15, -0.1) is 0 Å². The topological polar surface area (TPSA) is 47.3 Å². The average Bonchev–Trinajstić information content (AvgIpc) is 2.46. The van der Waals surface area contributed by atoms with Crippen LogP contribution in [0.4, 0.5) is 0 Å². The molecule has 1 aliphatic rings. The molecule has 3 nitrogen and oxygen atoms in total. The smallest absolute Gasteiger partial charge is 0.0468 e. The summed E-state index contributed by atoms with van der Waals surface area (Å²) in [4.78, 5) is 0. The van der Waals surface area contributed by atoms with Crippen LogP contribution in [0.15, 0.2) is 24.3 Å². The highest BCUT2D eigenvalue weighted by Gasteiger charge is 2.19. The van der Waals surface area contributed by atoms with Crippen molar-refractivity contribution in [3.8, 4) is 0 Å². The van der Waals surface area contributed by atoms with E-state index < -0.39 is 0 Å². The monoisotopic (exact) mass is 248 g/mol. The van der Waals surface area contributed by atoms with Gasteiger partial charge in [0.2, 0.25) is 0 Å². The van der Waals surface area contributed by atoms with Gasteiger partial charge in [0.1, 0.15) is 0 Å². The Morgan fingerprint density at radius 1 is 1.28 bits per heavy atom. The van der Waals surface area contributed by atoms with Gasteiger partial charge in [0.05, 0.1) is 0 Å². The van der Waals surface area contributed by atoms with E-state index in [9.17, 15) is 0 Å². The Morgan fingerprint density at radius 2 is 1.94 bits per heavy atom. The molecule has 100 valence electrons. The van der Waals surface area contributed by atoms with Gasteiger partial charge >= 0.3 is 0 Å². The fraction of sp³-hybridized carbons (Fsp3) is 0.600. The standard InChI is InChI=1S/C15H24N2O/c1-2-12-3-5-14(6-4-12)15(17-16)11-13-7-9-18-10-8-13/h3-6,13,15,17H,2,7-11,16H2,1H3. The third kappa shape index (κ3) is 3.55. The van der Waals surface area contributed by atoms with Crippen molar-refractivity contribution >= 4 is 0 Å². The molecule has 0 amide bonds. The molecule has 0 aromatic heterocycles. The number of aryl methyl sites for hydroxylation is 1. The van der Waals surface area contributed by atoms with Gasteiger partial charge in [-0.05, 0) is 42.7 Å². The summed E-state index contributed by atoms with van der Waals surface area (Å²) in [6, 6.07) is 9.05. The number of nitrogens with one attached hydrogen (secondary N) is 1. The number of nitrogens with two attached hydrogens (primary N) is 1. The molecule has 0 radical (unpaired) electrons. The first-order chi connectivity index (χ1) is 8.83. The quantitative estimate of drug-likeness (QED) is 0.622. The Labute approximate surface area is 110 Å². The van der Waals surface area contributed by atoms with Crippen molar-refractivity contribution in [1.82, 2.24) is 5.43 Å². The third-order valence-electron chi connectivity index (χ3n) is 3.90. The van der Waals surface area contributed by atoms with E-state index >= 15 is 0 Å². The van der Waals surface area contributed by atoms with E-state index in [1.165, 1.54) is 11.1 Å². The molecule has 1 aromatic carbocycles. The number of benzene rings is 1. The Morgan fingerprint density at radius 3 is 2.50 bits per heavy atom. The van der Waals surface area contributed by atoms with Gasteiger partial charge in [0, 0.05) is 19.3 Å². The first-order valence-corrected chi connectivity index (χ1v) is 6.96. The third-order valence-corrected chi connectivity index (χ3v) is 3.90. The summed E-state index contributed by atoms with van der Waals surface area (Å²) in [6.45, 7) is 3.98.